The summed E-state index contributed by atoms with van der Waals surface area (Å²) < 4.78 is -0.175. The van der Waals surface area contributed by atoms with E-state index in [0.29, 0.717) is 0 Å². The molecule has 17 heavy (non-hydrogen) atoms. The number of nitrogens with one attached hydrogen (secondary N) is 1. The number of carbonyl (C=O) groups excluding carboxylic acids is 1. The van der Waals surface area contributed by atoms with Gasteiger partial charge in [0.05, 0.1) is 4.75 Å². The molecule has 0 aliphatic carbocycles. The fourth-order valence-electron chi connectivity index (χ4n) is 2.10. The highest BCUT2D eigenvalue weighted by Gasteiger charge is 2.37. The van der Waals surface area contributed by atoms with Crippen molar-refractivity contribution in [2.24, 2.45) is 5.41 Å². The smallest absolute Gasteiger partial charge is 0.235 e. The van der Waals surface area contributed by atoms with E-state index in [1.807, 2.05) is 0 Å². The Morgan fingerprint density at radius 1 is 1.53 bits per heavy atom. The Kier molecular flexibility index (Phi) is 5.84. The van der Waals surface area contributed by atoms with Crippen LogP contribution in [0.25, 0.3) is 0 Å². The minimum absolute atomic E-state index is 0.175. The second kappa shape index (κ2) is 6.46. The summed E-state index contributed by atoms with van der Waals surface area (Å²) in [5.41, 5.74) is 0.197. The number of hydrogen-bond acceptors (Lipinski definition) is 2. The van der Waals surface area contributed by atoms with Crippen LogP contribution in [0.1, 0.15) is 46.5 Å². The molecular weight excluding hydrogens is 298 g/mol. The van der Waals surface area contributed by atoms with Gasteiger partial charge in [-0.15, -0.1) is 11.8 Å². The van der Waals surface area contributed by atoms with Gasteiger partial charge in [0, 0.05) is 11.9 Å². The highest BCUT2D eigenvalue weighted by atomic mass is 79.9. The van der Waals surface area contributed by atoms with Crippen LogP contribution in [0.4, 0.5) is 0 Å². The number of hydrogen-bond donors (Lipinski definition) is 1. The summed E-state index contributed by atoms with van der Waals surface area (Å²) in [5.74, 6) is 1.35. The van der Waals surface area contributed by atoms with Crippen LogP contribution < -0.4 is 5.32 Å². The average molecular weight is 322 g/mol. The first kappa shape index (κ1) is 15.4. The molecule has 0 aromatic heterocycles. The van der Waals surface area contributed by atoms with Crippen molar-refractivity contribution < 1.29 is 4.79 Å². The molecule has 0 saturated carbocycles. The van der Waals surface area contributed by atoms with Gasteiger partial charge in [-0.25, -0.2) is 0 Å². The van der Waals surface area contributed by atoms with E-state index in [1.165, 1.54) is 6.42 Å². The molecule has 0 bridgehead atoms. The lowest BCUT2D eigenvalue weighted by Crippen LogP contribution is -2.44. The average Bonchev–Trinajstić information content (AvgIpc) is 2.72. The van der Waals surface area contributed by atoms with Crippen molar-refractivity contribution in [1.29, 1.82) is 0 Å². The van der Waals surface area contributed by atoms with Gasteiger partial charge >= 0.3 is 0 Å². The molecule has 0 aromatic rings. The summed E-state index contributed by atoms with van der Waals surface area (Å²) >= 11 is 5.26. The largest absolute Gasteiger partial charge is 0.354 e. The van der Waals surface area contributed by atoms with Crippen LogP contribution in [-0.2, 0) is 4.79 Å². The van der Waals surface area contributed by atoms with Crippen molar-refractivity contribution in [2.75, 3.05) is 17.6 Å². The number of carbonyl (C=O) groups is 1. The summed E-state index contributed by atoms with van der Waals surface area (Å²) in [6.45, 7) is 7.31. The quantitative estimate of drug-likeness (QED) is 0.757. The standard InChI is InChI=1S/C13H24BrNOS/c1-12(2,6-4-8-14)10-15-11(16)13(3)7-5-9-17-13/h4-10H2,1-3H3,(H,15,16). The van der Waals surface area contributed by atoms with Gasteiger partial charge in [-0.1, -0.05) is 29.8 Å². The third kappa shape index (κ3) is 4.82. The van der Waals surface area contributed by atoms with Crippen LogP contribution >= 0.6 is 27.7 Å². The summed E-state index contributed by atoms with van der Waals surface area (Å²) in [5, 5.41) is 4.18. The van der Waals surface area contributed by atoms with Gasteiger partial charge in [0.2, 0.25) is 5.91 Å². The predicted molar refractivity (Wildman–Crippen MR) is 79.9 cm³/mol. The molecule has 1 atom stereocenters. The summed E-state index contributed by atoms with van der Waals surface area (Å²) in [6.07, 6.45) is 4.49. The van der Waals surface area contributed by atoms with Gasteiger partial charge in [0.1, 0.15) is 0 Å². The van der Waals surface area contributed by atoms with Crippen molar-refractivity contribution in [3.8, 4) is 0 Å². The van der Waals surface area contributed by atoms with Crippen LogP contribution in [0.5, 0.6) is 0 Å². The molecule has 100 valence electrons. The molecule has 0 radical (unpaired) electrons. The van der Waals surface area contributed by atoms with E-state index in [1.54, 1.807) is 11.8 Å². The topological polar surface area (TPSA) is 29.1 Å². The molecule has 1 fully saturated rings. The maximum absolute atomic E-state index is 12.1. The number of alkyl halides is 1. The van der Waals surface area contributed by atoms with Crippen molar-refractivity contribution in [3.05, 3.63) is 0 Å². The zero-order chi connectivity index (χ0) is 12.9. The van der Waals surface area contributed by atoms with Crippen molar-refractivity contribution in [1.82, 2.24) is 5.32 Å². The Morgan fingerprint density at radius 2 is 2.24 bits per heavy atom. The van der Waals surface area contributed by atoms with E-state index in [2.05, 4.69) is 42.0 Å². The van der Waals surface area contributed by atoms with E-state index >= 15 is 0 Å². The van der Waals surface area contributed by atoms with Gasteiger partial charge in [0.15, 0.2) is 0 Å². The summed E-state index contributed by atoms with van der Waals surface area (Å²) in [4.78, 5) is 12.1. The molecule has 0 spiro atoms. The molecule has 1 amide bonds. The maximum atomic E-state index is 12.1. The first-order valence-electron chi connectivity index (χ1n) is 6.38. The van der Waals surface area contributed by atoms with E-state index in [-0.39, 0.29) is 16.1 Å². The molecule has 1 unspecified atom stereocenters. The van der Waals surface area contributed by atoms with Gasteiger partial charge in [-0.05, 0) is 43.8 Å². The number of thioether (sulfide) groups is 1. The van der Waals surface area contributed by atoms with Crippen molar-refractivity contribution >= 4 is 33.6 Å². The third-order valence-electron chi connectivity index (χ3n) is 3.41. The molecule has 2 nitrogen and oxygen atoms in total. The number of amides is 1. The molecule has 1 rings (SSSR count). The van der Waals surface area contributed by atoms with Gasteiger partial charge in [-0.2, -0.15) is 0 Å². The Hall–Kier alpha value is 0.300. The van der Waals surface area contributed by atoms with Gasteiger partial charge in [0.25, 0.3) is 0 Å². The van der Waals surface area contributed by atoms with E-state index in [0.717, 1.165) is 36.9 Å². The first-order valence-corrected chi connectivity index (χ1v) is 8.49. The predicted octanol–water partition coefficient (Wildman–Crippen LogP) is 3.59. The zero-order valence-corrected chi connectivity index (χ0v) is 13.5. The molecule has 1 aliphatic rings. The molecule has 1 heterocycles. The van der Waals surface area contributed by atoms with Crippen LogP contribution in [0.15, 0.2) is 0 Å². The number of halogens is 1. The van der Waals surface area contributed by atoms with E-state index in [4.69, 9.17) is 0 Å². The fraction of sp³-hybridized carbons (Fsp3) is 0.923. The lowest BCUT2D eigenvalue weighted by Gasteiger charge is -2.28. The van der Waals surface area contributed by atoms with Crippen LogP contribution in [0.2, 0.25) is 0 Å². The monoisotopic (exact) mass is 321 g/mol. The Balaban J connectivity index is 2.36. The Labute approximate surface area is 118 Å². The van der Waals surface area contributed by atoms with E-state index < -0.39 is 0 Å². The SMILES string of the molecule is CC(C)(CCCBr)CNC(=O)C1(C)CCCS1. The van der Waals surface area contributed by atoms with Gasteiger partial charge in [-0.3, -0.25) is 4.79 Å². The maximum Gasteiger partial charge on any atom is 0.235 e. The molecule has 0 aromatic carbocycles. The summed E-state index contributed by atoms with van der Waals surface area (Å²) in [7, 11) is 0. The van der Waals surface area contributed by atoms with Crippen molar-refractivity contribution in [2.45, 2.75) is 51.2 Å². The normalized spacial score (nSPS) is 24.9. The van der Waals surface area contributed by atoms with Crippen LogP contribution in [0.3, 0.4) is 0 Å². The Morgan fingerprint density at radius 3 is 2.76 bits per heavy atom. The summed E-state index contributed by atoms with van der Waals surface area (Å²) in [6, 6.07) is 0. The highest BCUT2D eigenvalue weighted by molar-refractivity contribution is 9.09. The number of rotatable bonds is 6. The van der Waals surface area contributed by atoms with Crippen LogP contribution in [-0.4, -0.2) is 28.3 Å². The Bertz CT molecular complexity index is 262. The van der Waals surface area contributed by atoms with E-state index in [9.17, 15) is 4.79 Å². The minimum atomic E-state index is -0.175. The molecule has 1 N–H and O–H groups in total. The minimum Gasteiger partial charge on any atom is -0.354 e. The highest BCUT2D eigenvalue weighted by Crippen LogP contribution is 2.38. The lowest BCUT2D eigenvalue weighted by molar-refractivity contribution is -0.123. The molecule has 1 saturated heterocycles. The molecular formula is C13H24BrNOS. The van der Waals surface area contributed by atoms with Crippen LogP contribution in [0, 0.1) is 5.41 Å². The zero-order valence-electron chi connectivity index (χ0n) is 11.1. The molecule has 4 heteroatoms. The first-order chi connectivity index (χ1) is 7.90. The van der Waals surface area contributed by atoms with Gasteiger partial charge < -0.3 is 5.32 Å². The lowest BCUT2D eigenvalue weighted by atomic mass is 9.88. The second-order valence-corrected chi connectivity index (χ2v) is 8.21. The second-order valence-electron chi connectivity index (χ2n) is 5.82. The third-order valence-corrected chi connectivity index (χ3v) is 5.49. The fourth-order valence-corrected chi connectivity index (χ4v) is 3.61. The molecule has 1 aliphatic heterocycles. The van der Waals surface area contributed by atoms with Crippen molar-refractivity contribution in [3.63, 3.8) is 0 Å².